The van der Waals surface area contributed by atoms with Gasteiger partial charge in [0.2, 0.25) is 5.91 Å². The number of morpholine rings is 1. The summed E-state index contributed by atoms with van der Waals surface area (Å²) >= 11 is 1.61. The van der Waals surface area contributed by atoms with E-state index in [9.17, 15) is 9.59 Å². The molecule has 0 unspecified atom stereocenters. The molecule has 4 rings (SSSR count). The van der Waals surface area contributed by atoms with Crippen molar-refractivity contribution in [3.8, 4) is 0 Å². The fraction of sp³-hybridized carbons (Fsp3) is 0.471. The van der Waals surface area contributed by atoms with E-state index < -0.39 is 0 Å². The molecule has 3 atom stereocenters. The molecule has 3 heterocycles. The van der Waals surface area contributed by atoms with E-state index in [-0.39, 0.29) is 29.6 Å². The lowest BCUT2D eigenvalue weighted by Crippen LogP contribution is -2.46. The maximum atomic E-state index is 12.8. The van der Waals surface area contributed by atoms with Crippen molar-refractivity contribution in [2.45, 2.75) is 19.4 Å². The summed E-state index contributed by atoms with van der Waals surface area (Å²) in [7, 11) is 0. The first-order valence-corrected chi connectivity index (χ1v) is 8.70. The third-order valence-electron chi connectivity index (χ3n) is 4.82. The monoisotopic (exact) mass is 330 g/mol. The number of ketones is 1. The Morgan fingerprint density at radius 1 is 1.43 bits per heavy atom. The summed E-state index contributed by atoms with van der Waals surface area (Å²) in [5, 5.41) is 0.927. The van der Waals surface area contributed by atoms with Crippen LogP contribution in [0.4, 0.5) is 0 Å². The second-order valence-electron chi connectivity index (χ2n) is 6.20. The highest BCUT2D eigenvalue weighted by Gasteiger charge is 2.51. The number of para-hydroxylation sites is 1. The molecule has 23 heavy (non-hydrogen) atoms. The SMILES string of the molecule is CC(=O)[C@@H]1[C@H](Cc2nc3ccccc3s2)C(=O)N2CCOC[C@H]12. The number of amides is 1. The van der Waals surface area contributed by atoms with E-state index in [1.165, 1.54) is 0 Å². The van der Waals surface area contributed by atoms with E-state index >= 15 is 0 Å². The molecule has 2 aromatic rings. The van der Waals surface area contributed by atoms with Gasteiger partial charge < -0.3 is 9.64 Å². The van der Waals surface area contributed by atoms with Gasteiger partial charge >= 0.3 is 0 Å². The lowest BCUT2D eigenvalue weighted by molar-refractivity contribution is -0.135. The van der Waals surface area contributed by atoms with Crippen molar-refractivity contribution in [3.05, 3.63) is 29.3 Å². The average Bonchev–Trinajstić information content (AvgIpc) is 3.07. The standard InChI is InChI=1S/C17H18N2O3S/c1-10(20)16-11(17(21)19-6-7-22-9-13(16)19)8-15-18-12-4-2-3-5-14(12)23-15/h2-5,11,13,16H,6-9H2,1H3/t11-,13+,16+/m0/s1. The van der Waals surface area contributed by atoms with Crippen molar-refractivity contribution in [1.82, 2.24) is 9.88 Å². The number of ether oxygens (including phenoxy) is 1. The van der Waals surface area contributed by atoms with Gasteiger partial charge in [-0.3, -0.25) is 9.59 Å². The minimum absolute atomic E-state index is 0.0717. The molecule has 2 saturated heterocycles. The normalized spacial score (nSPS) is 27.4. The number of carbonyl (C=O) groups is 2. The Labute approximate surface area is 138 Å². The lowest BCUT2D eigenvalue weighted by atomic mass is 9.85. The van der Waals surface area contributed by atoms with Crippen LogP contribution in [0.3, 0.4) is 0 Å². The van der Waals surface area contributed by atoms with E-state index in [1.54, 1.807) is 18.3 Å². The van der Waals surface area contributed by atoms with Crippen LogP contribution < -0.4 is 0 Å². The second kappa shape index (κ2) is 5.69. The summed E-state index contributed by atoms with van der Waals surface area (Å²) in [6, 6.07) is 7.86. The van der Waals surface area contributed by atoms with Crippen LogP contribution in [0.25, 0.3) is 10.2 Å². The highest BCUT2D eigenvalue weighted by atomic mass is 32.1. The molecule has 6 heteroatoms. The quantitative estimate of drug-likeness (QED) is 0.862. The zero-order valence-corrected chi connectivity index (χ0v) is 13.7. The molecule has 1 amide bonds. The van der Waals surface area contributed by atoms with Crippen LogP contribution >= 0.6 is 11.3 Å². The molecule has 0 radical (unpaired) electrons. The van der Waals surface area contributed by atoms with Crippen molar-refractivity contribution < 1.29 is 14.3 Å². The van der Waals surface area contributed by atoms with E-state index in [0.717, 1.165) is 15.2 Å². The smallest absolute Gasteiger partial charge is 0.227 e. The molecule has 0 saturated carbocycles. The summed E-state index contributed by atoms with van der Waals surface area (Å²) in [4.78, 5) is 31.4. The van der Waals surface area contributed by atoms with Gasteiger partial charge in [0.05, 0.1) is 46.3 Å². The molecule has 2 aliphatic rings. The zero-order chi connectivity index (χ0) is 16.0. The van der Waals surface area contributed by atoms with Crippen LogP contribution in [-0.4, -0.2) is 47.4 Å². The Kier molecular flexibility index (Phi) is 3.66. The number of thiazole rings is 1. The Hall–Kier alpha value is -1.79. The highest BCUT2D eigenvalue weighted by molar-refractivity contribution is 7.18. The van der Waals surface area contributed by atoms with Crippen LogP contribution in [-0.2, 0) is 20.7 Å². The predicted octanol–water partition coefficient (Wildman–Crippen LogP) is 1.90. The van der Waals surface area contributed by atoms with E-state index in [4.69, 9.17) is 4.74 Å². The van der Waals surface area contributed by atoms with Crippen LogP contribution in [0.2, 0.25) is 0 Å². The lowest BCUT2D eigenvalue weighted by Gasteiger charge is -2.31. The number of rotatable bonds is 3. The molecule has 0 N–H and O–H groups in total. The molecule has 0 aliphatic carbocycles. The Morgan fingerprint density at radius 3 is 3.04 bits per heavy atom. The number of nitrogens with zero attached hydrogens (tertiary/aromatic N) is 2. The van der Waals surface area contributed by atoms with Crippen LogP contribution in [0.5, 0.6) is 0 Å². The number of benzene rings is 1. The van der Waals surface area contributed by atoms with Gasteiger partial charge in [-0.2, -0.15) is 0 Å². The zero-order valence-electron chi connectivity index (χ0n) is 12.9. The van der Waals surface area contributed by atoms with E-state index in [2.05, 4.69) is 4.98 Å². The minimum atomic E-state index is -0.306. The molecule has 1 aromatic carbocycles. The first kappa shape index (κ1) is 14.8. The second-order valence-corrected chi connectivity index (χ2v) is 7.31. The topological polar surface area (TPSA) is 59.5 Å². The molecular formula is C17H18N2O3S. The summed E-state index contributed by atoms with van der Waals surface area (Å²) in [5.41, 5.74) is 0.957. The molecular weight excluding hydrogens is 312 g/mol. The maximum Gasteiger partial charge on any atom is 0.227 e. The fourth-order valence-electron chi connectivity index (χ4n) is 3.79. The van der Waals surface area contributed by atoms with Gasteiger partial charge in [-0.05, 0) is 19.1 Å². The van der Waals surface area contributed by atoms with Gasteiger partial charge in [0.25, 0.3) is 0 Å². The van der Waals surface area contributed by atoms with E-state index in [1.807, 2.05) is 29.2 Å². The third-order valence-corrected chi connectivity index (χ3v) is 5.87. The largest absolute Gasteiger partial charge is 0.377 e. The van der Waals surface area contributed by atoms with Crippen molar-refractivity contribution in [1.29, 1.82) is 0 Å². The van der Waals surface area contributed by atoms with Crippen LogP contribution in [0, 0.1) is 11.8 Å². The average molecular weight is 330 g/mol. The first-order valence-electron chi connectivity index (χ1n) is 7.88. The van der Waals surface area contributed by atoms with Crippen molar-refractivity contribution in [2.24, 2.45) is 11.8 Å². The summed E-state index contributed by atoms with van der Waals surface area (Å²) < 4.78 is 6.62. The number of fused-ring (bicyclic) bond motifs is 2. The van der Waals surface area contributed by atoms with Crippen LogP contribution in [0.15, 0.2) is 24.3 Å². The van der Waals surface area contributed by atoms with Gasteiger partial charge in [-0.1, -0.05) is 12.1 Å². The molecule has 5 nitrogen and oxygen atoms in total. The Morgan fingerprint density at radius 2 is 2.26 bits per heavy atom. The molecule has 0 spiro atoms. The molecule has 1 aromatic heterocycles. The number of hydrogen-bond donors (Lipinski definition) is 0. The van der Waals surface area contributed by atoms with E-state index in [0.29, 0.717) is 26.2 Å². The molecule has 0 bridgehead atoms. The minimum Gasteiger partial charge on any atom is -0.377 e. The van der Waals surface area contributed by atoms with Crippen molar-refractivity contribution >= 4 is 33.2 Å². The fourth-order valence-corrected chi connectivity index (χ4v) is 4.82. The summed E-state index contributed by atoms with van der Waals surface area (Å²) in [5.74, 6) is -0.435. The number of Topliss-reactive ketones (excluding diaryl/α,β-unsaturated/α-hetero) is 1. The Bertz CT molecular complexity index is 739. The first-order chi connectivity index (χ1) is 11.1. The number of hydrogen-bond acceptors (Lipinski definition) is 5. The van der Waals surface area contributed by atoms with Crippen molar-refractivity contribution in [3.63, 3.8) is 0 Å². The van der Waals surface area contributed by atoms with Gasteiger partial charge in [0, 0.05) is 13.0 Å². The van der Waals surface area contributed by atoms with Gasteiger partial charge in [0.1, 0.15) is 5.78 Å². The summed E-state index contributed by atoms with van der Waals surface area (Å²) in [6.07, 6.45) is 0.537. The van der Waals surface area contributed by atoms with Gasteiger partial charge in [0.15, 0.2) is 0 Å². The van der Waals surface area contributed by atoms with Gasteiger partial charge in [-0.15, -0.1) is 11.3 Å². The molecule has 2 fully saturated rings. The maximum absolute atomic E-state index is 12.8. The molecule has 2 aliphatic heterocycles. The third kappa shape index (κ3) is 2.46. The molecule has 120 valence electrons. The highest BCUT2D eigenvalue weighted by Crippen LogP contribution is 2.37. The van der Waals surface area contributed by atoms with Gasteiger partial charge in [-0.25, -0.2) is 4.98 Å². The van der Waals surface area contributed by atoms with Crippen LogP contribution in [0.1, 0.15) is 11.9 Å². The number of carbonyl (C=O) groups excluding carboxylic acids is 2. The van der Waals surface area contributed by atoms with Crippen molar-refractivity contribution in [2.75, 3.05) is 19.8 Å². The predicted molar refractivity (Wildman–Crippen MR) is 87.3 cm³/mol. The summed E-state index contributed by atoms with van der Waals surface area (Å²) in [6.45, 7) is 3.19. The number of aromatic nitrogens is 1. The Balaban J connectivity index is 1.65.